The molecular formula is C12H18FNO3S. The second-order valence-electron chi connectivity index (χ2n) is 4.10. The summed E-state index contributed by atoms with van der Waals surface area (Å²) >= 11 is 0. The van der Waals surface area contributed by atoms with Gasteiger partial charge in [-0.15, -0.1) is 0 Å². The van der Waals surface area contributed by atoms with E-state index >= 15 is 0 Å². The Bertz CT molecular complexity index is 459. The van der Waals surface area contributed by atoms with Gasteiger partial charge in [0, 0.05) is 18.8 Å². The number of benzene rings is 1. The number of nitrogens with zero attached hydrogens (tertiary/aromatic N) is 1. The third-order valence-corrected chi connectivity index (χ3v) is 3.32. The van der Waals surface area contributed by atoms with Crippen molar-refractivity contribution in [2.45, 2.75) is 19.8 Å². The topological polar surface area (TPSA) is 57.6 Å². The summed E-state index contributed by atoms with van der Waals surface area (Å²) in [6.07, 6.45) is 1.25. The molecule has 6 heteroatoms. The van der Waals surface area contributed by atoms with Crippen molar-refractivity contribution in [3.8, 4) is 0 Å². The second-order valence-corrected chi connectivity index (χ2v) is 5.68. The van der Waals surface area contributed by atoms with Crippen molar-refractivity contribution in [1.82, 2.24) is 0 Å². The van der Waals surface area contributed by atoms with Crippen LogP contribution in [0.25, 0.3) is 0 Å². The van der Waals surface area contributed by atoms with Gasteiger partial charge >= 0.3 is 0 Å². The van der Waals surface area contributed by atoms with Gasteiger partial charge in [-0.25, -0.2) is 4.39 Å². The highest BCUT2D eigenvalue weighted by atomic mass is 32.2. The molecule has 0 amide bonds. The number of rotatable bonds is 7. The molecule has 0 fully saturated rings. The van der Waals surface area contributed by atoms with Crippen LogP contribution in [-0.2, 0) is 10.1 Å². The van der Waals surface area contributed by atoms with Gasteiger partial charge in [0.05, 0.1) is 5.75 Å². The summed E-state index contributed by atoms with van der Waals surface area (Å²) < 4.78 is 42.8. The molecule has 1 aromatic carbocycles. The second kappa shape index (κ2) is 6.70. The molecule has 1 N–H and O–H groups in total. The Balaban J connectivity index is 2.62. The van der Waals surface area contributed by atoms with Crippen LogP contribution in [0.1, 0.15) is 19.8 Å². The first-order valence-corrected chi connectivity index (χ1v) is 7.49. The molecule has 4 nitrogen and oxygen atoms in total. The zero-order chi connectivity index (χ0) is 13.6. The van der Waals surface area contributed by atoms with Crippen LogP contribution in [-0.4, -0.2) is 31.8 Å². The van der Waals surface area contributed by atoms with Crippen LogP contribution in [0.5, 0.6) is 0 Å². The molecule has 102 valence electrons. The van der Waals surface area contributed by atoms with Crippen molar-refractivity contribution in [3.63, 3.8) is 0 Å². The highest BCUT2D eigenvalue weighted by Gasteiger charge is 2.09. The molecule has 18 heavy (non-hydrogen) atoms. The molecule has 0 unspecified atom stereocenters. The maximum atomic E-state index is 12.8. The molecule has 1 aromatic rings. The van der Waals surface area contributed by atoms with Crippen molar-refractivity contribution in [2.24, 2.45) is 0 Å². The lowest BCUT2D eigenvalue weighted by molar-refractivity contribution is 0.481. The summed E-state index contributed by atoms with van der Waals surface area (Å²) in [4.78, 5) is 1.98. The molecule has 0 bridgehead atoms. The van der Waals surface area contributed by atoms with Crippen LogP contribution in [0.2, 0.25) is 0 Å². The molecule has 0 aliphatic rings. The first-order chi connectivity index (χ1) is 8.42. The van der Waals surface area contributed by atoms with Gasteiger partial charge in [0.1, 0.15) is 5.82 Å². The van der Waals surface area contributed by atoms with E-state index in [2.05, 4.69) is 0 Å². The Morgan fingerprint density at radius 2 is 1.83 bits per heavy atom. The molecule has 0 saturated heterocycles. The zero-order valence-electron chi connectivity index (χ0n) is 10.3. The number of anilines is 1. The van der Waals surface area contributed by atoms with Gasteiger partial charge in [0.15, 0.2) is 0 Å². The standard InChI is InChI=1S/C12H18FNO3S/c1-2-8-14(9-3-10-18(15,16)17)12-6-4-11(13)5-7-12/h4-7H,2-3,8-10H2,1H3,(H,15,16,17). The first-order valence-electron chi connectivity index (χ1n) is 5.88. The van der Waals surface area contributed by atoms with Crippen molar-refractivity contribution < 1.29 is 17.4 Å². The Labute approximate surface area is 107 Å². The van der Waals surface area contributed by atoms with Gasteiger partial charge in [0.2, 0.25) is 0 Å². The summed E-state index contributed by atoms with van der Waals surface area (Å²) in [5, 5.41) is 0. The Kier molecular flexibility index (Phi) is 5.55. The summed E-state index contributed by atoms with van der Waals surface area (Å²) in [6.45, 7) is 3.29. The van der Waals surface area contributed by atoms with Gasteiger partial charge in [0.25, 0.3) is 10.1 Å². The first kappa shape index (κ1) is 14.9. The minimum absolute atomic E-state index is 0.256. The minimum atomic E-state index is -3.91. The molecule has 0 heterocycles. The lowest BCUT2D eigenvalue weighted by Crippen LogP contribution is -2.26. The Hall–Kier alpha value is -1.14. The zero-order valence-corrected chi connectivity index (χ0v) is 11.2. The average Bonchev–Trinajstić information content (AvgIpc) is 2.27. The van der Waals surface area contributed by atoms with Crippen LogP contribution < -0.4 is 4.90 Å². The number of hydrogen-bond acceptors (Lipinski definition) is 3. The molecule has 0 aromatic heterocycles. The monoisotopic (exact) mass is 275 g/mol. The van der Waals surface area contributed by atoms with Crippen LogP contribution in [0.3, 0.4) is 0 Å². The summed E-state index contributed by atoms with van der Waals surface area (Å²) in [6, 6.07) is 6.08. The van der Waals surface area contributed by atoms with Crippen LogP contribution in [0, 0.1) is 5.82 Å². The molecule has 0 spiro atoms. The minimum Gasteiger partial charge on any atom is -0.372 e. The van der Waals surface area contributed by atoms with E-state index in [1.54, 1.807) is 12.1 Å². The molecule has 0 atom stereocenters. The molecule has 1 rings (SSSR count). The summed E-state index contributed by atoms with van der Waals surface area (Å²) in [7, 11) is -3.91. The highest BCUT2D eigenvalue weighted by molar-refractivity contribution is 7.85. The predicted octanol–water partition coefficient (Wildman–Crippen LogP) is 2.32. The fraction of sp³-hybridized carbons (Fsp3) is 0.500. The van der Waals surface area contributed by atoms with E-state index < -0.39 is 10.1 Å². The van der Waals surface area contributed by atoms with E-state index in [-0.39, 0.29) is 11.6 Å². The predicted molar refractivity (Wildman–Crippen MR) is 69.9 cm³/mol. The number of hydrogen-bond donors (Lipinski definition) is 1. The molecule has 0 saturated carbocycles. The van der Waals surface area contributed by atoms with Crippen molar-refractivity contribution in [2.75, 3.05) is 23.7 Å². The smallest absolute Gasteiger partial charge is 0.264 e. The van der Waals surface area contributed by atoms with E-state index in [4.69, 9.17) is 4.55 Å². The average molecular weight is 275 g/mol. The van der Waals surface area contributed by atoms with E-state index in [0.29, 0.717) is 13.0 Å². The van der Waals surface area contributed by atoms with E-state index in [1.807, 2.05) is 11.8 Å². The lowest BCUT2D eigenvalue weighted by atomic mass is 10.2. The van der Waals surface area contributed by atoms with Crippen molar-refractivity contribution >= 4 is 15.8 Å². The fourth-order valence-corrected chi connectivity index (χ4v) is 2.22. The molecular weight excluding hydrogens is 257 g/mol. The maximum absolute atomic E-state index is 12.8. The van der Waals surface area contributed by atoms with Gasteiger partial charge in [-0.05, 0) is 37.1 Å². The van der Waals surface area contributed by atoms with Crippen molar-refractivity contribution in [3.05, 3.63) is 30.1 Å². The molecule has 0 aliphatic heterocycles. The van der Waals surface area contributed by atoms with Crippen molar-refractivity contribution in [1.29, 1.82) is 0 Å². The largest absolute Gasteiger partial charge is 0.372 e. The van der Waals surface area contributed by atoms with Gasteiger partial charge in [-0.3, -0.25) is 4.55 Å². The van der Waals surface area contributed by atoms with Crippen LogP contribution in [0.4, 0.5) is 10.1 Å². The quantitative estimate of drug-likeness (QED) is 0.776. The number of halogens is 1. The normalized spacial score (nSPS) is 11.5. The van der Waals surface area contributed by atoms with E-state index in [9.17, 15) is 12.8 Å². The molecule has 0 radical (unpaired) electrons. The third-order valence-electron chi connectivity index (χ3n) is 2.52. The van der Waals surface area contributed by atoms with E-state index in [0.717, 1.165) is 18.7 Å². The molecule has 0 aliphatic carbocycles. The lowest BCUT2D eigenvalue weighted by Gasteiger charge is -2.24. The van der Waals surface area contributed by atoms with E-state index in [1.165, 1.54) is 12.1 Å². The van der Waals surface area contributed by atoms with Gasteiger partial charge in [-0.2, -0.15) is 8.42 Å². The fourth-order valence-electron chi connectivity index (χ4n) is 1.73. The Morgan fingerprint density at radius 1 is 1.22 bits per heavy atom. The summed E-state index contributed by atoms with van der Waals surface area (Å²) in [5.74, 6) is -0.554. The van der Waals surface area contributed by atoms with Crippen LogP contribution in [0.15, 0.2) is 24.3 Å². The van der Waals surface area contributed by atoms with Crippen LogP contribution >= 0.6 is 0 Å². The summed E-state index contributed by atoms with van der Waals surface area (Å²) in [5.41, 5.74) is 0.855. The maximum Gasteiger partial charge on any atom is 0.264 e. The Morgan fingerprint density at radius 3 is 2.33 bits per heavy atom. The SMILES string of the molecule is CCCN(CCCS(=O)(=O)O)c1ccc(F)cc1. The van der Waals surface area contributed by atoms with Gasteiger partial charge < -0.3 is 4.90 Å². The third kappa shape index (κ3) is 5.46. The van der Waals surface area contributed by atoms with Gasteiger partial charge in [-0.1, -0.05) is 6.92 Å². The highest BCUT2D eigenvalue weighted by Crippen LogP contribution is 2.15.